The molecule has 1 heterocycles. The first-order valence-electron chi connectivity index (χ1n) is 8.31. The maximum Gasteiger partial charge on any atom is 0.343 e. The van der Waals surface area contributed by atoms with Crippen LogP contribution in [0.5, 0.6) is 17.4 Å². The lowest BCUT2D eigenvalue weighted by Crippen LogP contribution is -2.09. The maximum absolute atomic E-state index is 14.7. The van der Waals surface area contributed by atoms with Gasteiger partial charge in [0.15, 0.2) is 11.6 Å². The Kier molecular flexibility index (Phi) is 5.80. The Morgan fingerprint density at radius 2 is 1.79 bits per heavy atom. The van der Waals surface area contributed by atoms with Crippen molar-refractivity contribution in [1.82, 2.24) is 4.98 Å². The minimum atomic E-state index is -0.621. The summed E-state index contributed by atoms with van der Waals surface area (Å²) in [4.78, 5) is 16.6. The minimum absolute atomic E-state index is 0.0304. The monoisotopic (exact) mass is 401 g/mol. The number of carbonyl (C=O) groups excluding carboxylic acids is 1. The van der Waals surface area contributed by atoms with Crippen LogP contribution in [0.2, 0.25) is 5.02 Å². The van der Waals surface area contributed by atoms with Gasteiger partial charge >= 0.3 is 5.97 Å². The van der Waals surface area contributed by atoms with Gasteiger partial charge < -0.3 is 14.2 Å². The molecule has 5 nitrogen and oxygen atoms in total. The Bertz CT molecular complexity index is 1040. The smallest absolute Gasteiger partial charge is 0.343 e. The highest BCUT2D eigenvalue weighted by Crippen LogP contribution is 2.35. The van der Waals surface area contributed by atoms with Gasteiger partial charge in [0.05, 0.1) is 24.9 Å². The standard InChI is InChI=1S/C21H17ClFNO4/c1-12-11-15(13-7-6-10-17(26-2)19(13)23)24-20(18(12)21(25)27-3)28-16-9-5-4-8-14(16)22/h4-11H,1-3H3. The van der Waals surface area contributed by atoms with E-state index in [1.54, 1.807) is 49.4 Å². The third kappa shape index (κ3) is 3.77. The molecule has 3 aromatic rings. The van der Waals surface area contributed by atoms with Crippen molar-refractivity contribution in [1.29, 1.82) is 0 Å². The molecular formula is C21H17ClFNO4. The minimum Gasteiger partial charge on any atom is -0.494 e. The lowest BCUT2D eigenvalue weighted by atomic mass is 10.0. The van der Waals surface area contributed by atoms with E-state index in [0.717, 1.165) is 0 Å². The van der Waals surface area contributed by atoms with Crippen molar-refractivity contribution in [2.45, 2.75) is 6.92 Å². The van der Waals surface area contributed by atoms with E-state index in [0.29, 0.717) is 16.3 Å². The fourth-order valence-corrected chi connectivity index (χ4v) is 2.88. The van der Waals surface area contributed by atoms with Crippen LogP contribution in [0.3, 0.4) is 0 Å². The summed E-state index contributed by atoms with van der Waals surface area (Å²) in [6, 6.07) is 13.1. The van der Waals surface area contributed by atoms with Crippen LogP contribution in [0.15, 0.2) is 48.5 Å². The zero-order valence-corrected chi connectivity index (χ0v) is 16.2. The van der Waals surface area contributed by atoms with Crippen molar-refractivity contribution in [2.75, 3.05) is 14.2 Å². The summed E-state index contributed by atoms with van der Waals surface area (Å²) in [7, 11) is 2.64. The van der Waals surface area contributed by atoms with Crippen LogP contribution in [0, 0.1) is 12.7 Å². The van der Waals surface area contributed by atoms with Crippen molar-refractivity contribution in [3.8, 4) is 28.6 Å². The fourth-order valence-electron chi connectivity index (χ4n) is 2.70. The normalized spacial score (nSPS) is 10.5. The van der Waals surface area contributed by atoms with Gasteiger partial charge in [-0.1, -0.05) is 29.8 Å². The summed E-state index contributed by atoms with van der Waals surface area (Å²) >= 11 is 6.16. The van der Waals surface area contributed by atoms with Crippen molar-refractivity contribution >= 4 is 17.6 Å². The number of hydrogen-bond acceptors (Lipinski definition) is 5. The van der Waals surface area contributed by atoms with Crippen LogP contribution in [0.1, 0.15) is 15.9 Å². The predicted molar refractivity (Wildman–Crippen MR) is 104 cm³/mol. The van der Waals surface area contributed by atoms with Crippen LogP contribution < -0.4 is 9.47 Å². The molecule has 0 unspecified atom stereocenters. The van der Waals surface area contributed by atoms with Crippen LogP contribution in [-0.4, -0.2) is 25.2 Å². The van der Waals surface area contributed by atoms with Gasteiger partial charge in [0.25, 0.3) is 0 Å². The number of aryl methyl sites for hydroxylation is 1. The number of aromatic nitrogens is 1. The molecule has 0 radical (unpaired) electrons. The Morgan fingerprint density at radius 3 is 2.46 bits per heavy atom. The molecule has 0 fully saturated rings. The molecule has 0 bridgehead atoms. The average molecular weight is 402 g/mol. The number of hydrogen-bond donors (Lipinski definition) is 0. The second-order valence-electron chi connectivity index (χ2n) is 5.85. The second-order valence-corrected chi connectivity index (χ2v) is 6.26. The van der Waals surface area contributed by atoms with Gasteiger partial charge in [-0.05, 0) is 42.8 Å². The molecule has 0 aliphatic heterocycles. The Balaban J connectivity index is 2.19. The molecule has 0 spiro atoms. The average Bonchev–Trinajstić information content (AvgIpc) is 2.69. The fraction of sp³-hybridized carbons (Fsp3) is 0.143. The molecule has 1 aromatic heterocycles. The zero-order chi connectivity index (χ0) is 20.3. The van der Waals surface area contributed by atoms with Crippen molar-refractivity contribution in [2.24, 2.45) is 0 Å². The number of halogens is 2. The second kappa shape index (κ2) is 8.27. The number of esters is 1. The molecule has 7 heteroatoms. The predicted octanol–water partition coefficient (Wildman–Crippen LogP) is 5.44. The highest BCUT2D eigenvalue weighted by atomic mass is 35.5. The SMILES string of the molecule is COC(=O)c1c(C)cc(-c2cccc(OC)c2F)nc1Oc1ccccc1Cl. The van der Waals surface area contributed by atoms with E-state index < -0.39 is 11.8 Å². The lowest BCUT2D eigenvalue weighted by Gasteiger charge is -2.15. The third-order valence-corrected chi connectivity index (χ3v) is 4.39. The van der Waals surface area contributed by atoms with Crippen LogP contribution in [-0.2, 0) is 4.74 Å². The van der Waals surface area contributed by atoms with E-state index in [4.69, 9.17) is 25.8 Å². The summed E-state index contributed by atoms with van der Waals surface area (Å²) in [5.41, 5.74) is 1.14. The van der Waals surface area contributed by atoms with E-state index in [1.807, 2.05) is 0 Å². The van der Waals surface area contributed by atoms with Gasteiger partial charge in [-0.15, -0.1) is 0 Å². The van der Waals surface area contributed by atoms with Gasteiger partial charge in [0.1, 0.15) is 11.3 Å². The number of nitrogens with zero attached hydrogens (tertiary/aromatic N) is 1. The number of methoxy groups -OCH3 is 2. The van der Waals surface area contributed by atoms with Crippen molar-refractivity contribution < 1.29 is 23.4 Å². The highest BCUT2D eigenvalue weighted by Gasteiger charge is 2.22. The van der Waals surface area contributed by atoms with E-state index >= 15 is 0 Å². The molecule has 0 aliphatic carbocycles. The van der Waals surface area contributed by atoms with E-state index in [2.05, 4.69) is 4.98 Å². The first-order chi connectivity index (χ1) is 13.5. The van der Waals surface area contributed by atoms with Gasteiger partial charge in [-0.2, -0.15) is 0 Å². The molecule has 28 heavy (non-hydrogen) atoms. The quantitative estimate of drug-likeness (QED) is 0.533. The topological polar surface area (TPSA) is 57.7 Å². The van der Waals surface area contributed by atoms with Crippen LogP contribution in [0.4, 0.5) is 4.39 Å². The first-order valence-corrected chi connectivity index (χ1v) is 8.69. The number of ether oxygens (including phenoxy) is 3. The van der Waals surface area contributed by atoms with Gasteiger partial charge in [0, 0.05) is 5.56 Å². The Labute approximate surface area is 166 Å². The van der Waals surface area contributed by atoms with Crippen LogP contribution in [0.25, 0.3) is 11.3 Å². The summed E-state index contributed by atoms with van der Waals surface area (Å²) in [6.45, 7) is 1.69. The third-order valence-electron chi connectivity index (χ3n) is 4.08. The number of carbonyl (C=O) groups is 1. The summed E-state index contributed by atoms with van der Waals surface area (Å²) < 4.78 is 30.4. The zero-order valence-electron chi connectivity index (χ0n) is 15.5. The lowest BCUT2D eigenvalue weighted by molar-refractivity contribution is 0.0596. The van der Waals surface area contributed by atoms with E-state index in [1.165, 1.54) is 20.3 Å². The highest BCUT2D eigenvalue weighted by molar-refractivity contribution is 6.32. The molecule has 0 N–H and O–H groups in total. The Hall–Kier alpha value is -3.12. The number of benzene rings is 2. The van der Waals surface area contributed by atoms with Crippen molar-refractivity contribution in [3.05, 3.63) is 70.5 Å². The first kappa shape index (κ1) is 19.6. The molecule has 0 aliphatic rings. The summed E-state index contributed by atoms with van der Waals surface area (Å²) in [6.07, 6.45) is 0. The van der Waals surface area contributed by atoms with E-state index in [9.17, 15) is 9.18 Å². The maximum atomic E-state index is 14.7. The summed E-state index contributed by atoms with van der Waals surface area (Å²) in [5, 5.41) is 0.343. The van der Waals surface area contributed by atoms with E-state index in [-0.39, 0.29) is 28.5 Å². The molecule has 2 aromatic carbocycles. The largest absolute Gasteiger partial charge is 0.494 e. The van der Waals surface area contributed by atoms with Gasteiger partial charge in [-0.3, -0.25) is 0 Å². The number of rotatable bonds is 5. The number of pyridine rings is 1. The van der Waals surface area contributed by atoms with Crippen molar-refractivity contribution in [3.63, 3.8) is 0 Å². The Morgan fingerprint density at radius 1 is 1.07 bits per heavy atom. The van der Waals surface area contributed by atoms with Crippen LogP contribution >= 0.6 is 11.6 Å². The van der Waals surface area contributed by atoms with Gasteiger partial charge in [0.2, 0.25) is 5.88 Å². The molecule has 0 atom stereocenters. The molecule has 0 saturated carbocycles. The molecule has 144 valence electrons. The molecule has 0 amide bonds. The number of para-hydroxylation sites is 1. The molecular weight excluding hydrogens is 385 g/mol. The molecule has 3 rings (SSSR count). The van der Waals surface area contributed by atoms with Gasteiger partial charge in [-0.25, -0.2) is 14.2 Å². The summed E-state index contributed by atoms with van der Waals surface area (Å²) in [5.74, 6) is -0.819. The molecule has 0 saturated heterocycles.